The molecule has 0 aliphatic carbocycles. The van der Waals surface area contributed by atoms with Crippen LogP contribution in [0.15, 0.2) is 121 Å². The normalized spacial score (nSPS) is 11.1. The van der Waals surface area contributed by atoms with E-state index in [0.717, 1.165) is 21.7 Å². The molecule has 0 aliphatic rings. The topological polar surface area (TPSA) is 161 Å². The third kappa shape index (κ3) is 11.3. The van der Waals surface area contributed by atoms with Crippen molar-refractivity contribution in [3.05, 3.63) is 133 Å². The Hall–Kier alpha value is -6.82. The number of anilines is 4. The van der Waals surface area contributed by atoms with Crippen molar-refractivity contribution >= 4 is 68.4 Å². The van der Waals surface area contributed by atoms with Gasteiger partial charge >= 0.3 is 12.2 Å². The number of fused-ring (bicyclic) bond motifs is 2. The van der Waals surface area contributed by atoms with Crippen LogP contribution < -0.4 is 21.3 Å². The SMILES string of the molecule is CC(C)(C)OC(=O)Nc1ccc(NC(=O)c2ccc3ccccc3n2)cc1.CC(C)(C)OC(=O)Nc1ccc(NC(=O)c2nccc3ccccc23)cc1. The molecule has 0 saturated heterocycles. The minimum Gasteiger partial charge on any atom is -0.444 e. The largest absolute Gasteiger partial charge is 0.444 e. The van der Waals surface area contributed by atoms with E-state index in [1.807, 2.05) is 60.7 Å². The number of amides is 4. The number of pyridine rings is 2. The zero-order valence-electron chi connectivity index (χ0n) is 30.9. The number of nitrogens with zero attached hydrogens (tertiary/aromatic N) is 2. The highest BCUT2D eigenvalue weighted by Crippen LogP contribution is 2.21. The summed E-state index contributed by atoms with van der Waals surface area (Å²) in [5.74, 6) is -0.590. The van der Waals surface area contributed by atoms with E-state index in [2.05, 4.69) is 31.2 Å². The van der Waals surface area contributed by atoms with Crippen molar-refractivity contribution in [2.75, 3.05) is 21.3 Å². The standard InChI is InChI=1S/2C21H21N3O3/c1-21(2,3)27-20(26)23-16-11-9-15(10-12-16)22-19(25)18-13-8-14-6-4-5-7-17(14)24-18;1-21(2,3)27-20(26)24-16-10-8-15(9-11-16)23-19(25)18-17-7-5-4-6-14(17)12-13-22-18/h4-13H,1-3H3,(H,22,25)(H,23,26);4-13H,1-3H3,(H,23,25)(H,24,26). The van der Waals surface area contributed by atoms with Gasteiger partial charge in [-0.3, -0.25) is 25.2 Å². The summed E-state index contributed by atoms with van der Waals surface area (Å²) >= 11 is 0. The first-order valence-electron chi connectivity index (χ1n) is 17.1. The number of carbonyl (C=O) groups excluding carboxylic acids is 4. The smallest absolute Gasteiger partial charge is 0.412 e. The first-order chi connectivity index (χ1) is 25.6. The van der Waals surface area contributed by atoms with Gasteiger partial charge in [0.1, 0.15) is 22.6 Å². The molecule has 12 heteroatoms. The van der Waals surface area contributed by atoms with Gasteiger partial charge in [0.05, 0.1) is 5.52 Å². The van der Waals surface area contributed by atoms with Gasteiger partial charge in [-0.05, 0) is 114 Å². The van der Waals surface area contributed by atoms with Crippen LogP contribution in [0.4, 0.5) is 32.3 Å². The van der Waals surface area contributed by atoms with E-state index in [1.165, 1.54) is 0 Å². The average Bonchev–Trinajstić information content (AvgIpc) is 3.11. The van der Waals surface area contributed by atoms with E-state index in [-0.39, 0.29) is 11.8 Å². The summed E-state index contributed by atoms with van der Waals surface area (Å²) in [5, 5.41) is 13.6. The molecule has 2 heterocycles. The van der Waals surface area contributed by atoms with E-state index in [4.69, 9.17) is 9.47 Å². The van der Waals surface area contributed by atoms with Crippen LogP contribution in [0.2, 0.25) is 0 Å². The lowest BCUT2D eigenvalue weighted by Crippen LogP contribution is -2.27. The van der Waals surface area contributed by atoms with Gasteiger partial charge in [-0.25, -0.2) is 14.6 Å². The third-order valence-corrected chi connectivity index (χ3v) is 7.30. The van der Waals surface area contributed by atoms with Crippen LogP contribution in [-0.2, 0) is 9.47 Å². The molecule has 0 bridgehead atoms. The Balaban J connectivity index is 0.000000208. The highest BCUT2D eigenvalue weighted by Gasteiger charge is 2.18. The minimum atomic E-state index is -0.566. The fraction of sp³-hybridized carbons (Fsp3) is 0.190. The highest BCUT2D eigenvalue weighted by atomic mass is 16.6. The maximum absolute atomic E-state index is 12.6. The second-order valence-corrected chi connectivity index (χ2v) is 14.1. The number of hydrogen-bond donors (Lipinski definition) is 4. The molecular weight excluding hydrogens is 684 g/mol. The van der Waals surface area contributed by atoms with Crippen LogP contribution in [0, 0.1) is 0 Å². The molecule has 0 atom stereocenters. The highest BCUT2D eigenvalue weighted by molar-refractivity contribution is 6.11. The van der Waals surface area contributed by atoms with Gasteiger partial charge in [0.25, 0.3) is 11.8 Å². The lowest BCUT2D eigenvalue weighted by atomic mass is 10.1. The summed E-state index contributed by atoms with van der Waals surface area (Å²) in [6.45, 7) is 10.8. The van der Waals surface area contributed by atoms with Crippen LogP contribution in [0.5, 0.6) is 0 Å². The molecule has 6 rings (SSSR count). The van der Waals surface area contributed by atoms with Crippen molar-refractivity contribution in [1.29, 1.82) is 0 Å². The number of para-hydroxylation sites is 1. The van der Waals surface area contributed by atoms with E-state index in [1.54, 1.807) is 102 Å². The van der Waals surface area contributed by atoms with E-state index in [0.29, 0.717) is 34.1 Å². The number of ether oxygens (including phenoxy) is 2. The fourth-order valence-electron chi connectivity index (χ4n) is 5.00. The lowest BCUT2D eigenvalue weighted by molar-refractivity contribution is 0.0624. The molecule has 0 radical (unpaired) electrons. The summed E-state index contributed by atoms with van der Waals surface area (Å²) in [4.78, 5) is 57.1. The molecule has 12 nitrogen and oxygen atoms in total. The summed E-state index contributed by atoms with van der Waals surface area (Å²) in [7, 11) is 0. The van der Waals surface area contributed by atoms with Gasteiger partial charge in [-0.15, -0.1) is 0 Å². The van der Waals surface area contributed by atoms with Crippen molar-refractivity contribution in [2.24, 2.45) is 0 Å². The zero-order chi connectivity index (χ0) is 38.9. The average molecular weight is 727 g/mol. The van der Waals surface area contributed by atoms with E-state index < -0.39 is 23.4 Å². The first-order valence-corrected chi connectivity index (χ1v) is 17.1. The Morgan fingerprint density at radius 3 is 1.50 bits per heavy atom. The van der Waals surface area contributed by atoms with Crippen molar-refractivity contribution in [3.63, 3.8) is 0 Å². The van der Waals surface area contributed by atoms with Crippen LogP contribution >= 0.6 is 0 Å². The van der Waals surface area contributed by atoms with Gasteiger partial charge in [0, 0.05) is 39.7 Å². The van der Waals surface area contributed by atoms with Crippen LogP contribution in [-0.4, -0.2) is 45.2 Å². The quantitative estimate of drug-likeness (QED) is 0.132. The van der Waals surface area contributed by atoms with Crippen LogP contribution in [0.25, 0.3) is 21.7 Å². The molecule has 0 saturated carbocycles. The molecule has 0 spiro atoms. The third-order valence-electron chi connectivity index (χ3n) is 7.30. The molecule has 54 heavy (non-hydrogen) atoms. The van der Waals surface area contributed by atoms with Gasteiger partial charge in [-0.2, -0.15) is 0 Å². The Morgan fingerprint density at radius 1 is 0.500 bits per heavy atom. The number of nitrogens with one attached hydrogen (secondary N) is 4. The van der Waals surface area contributed by atoms with Gasteiger partial charge in [-0.1, -0.05) is 48.5 Å². The second kappa shape index (κ2) is 16.7. The summed E-state index contributed by atoms with van der Waals surface area (Å²) in [6.07, 6.45) is 0.560. The van der Waals surface area contributed by atoms with E-state index >= 15 is 0 Å². The Morgan fingerprint density at radius 2 is 0.963 bits per heavy atom. The maximum Gasteiger partial charge on any atom is 0.412 e. The molecule has 6 aromatic rings. The van der Waals surface area contributed by atoms with Gasteiger partial charge < -0.3 is 20.1 Å². The van der Waals surface area contributed by atoms with Crippen molar-refractivity contribution in [1.82, 2.24) is 9.97 Å². The van der Waals surface area contributed by atoms with Gasteiger partial charge in [0.2, 0.25) is 0 Å². The molecular formula is C42H42N6O6. The molecule has 4 amide bonds. The Bertz CT molecular complexity index is 2270. The number of hydrogen-bond acceptors (Lipinski definition) is 8. The number of benzene rings is 4. The number of carbonyl (C=O) groups is 4. The predicted molar refractivity (Wildman–Crippen MR) is 212 cm³/mol. The monoisotopic (exact) mass is 726 g/mol. The second-order valence-electron chi connectivity index (χ2n) is 14.1. The van der Waals surface area contributed by atoms with Crippen LogP contribution in [0.3, 0.4) is 0 Å². The summed E-state index contributed by atoms with van der Waals surface area (Å²) < 4.78 is 10.4. The zero-order valence-corrected chi connectivity index (χ0v) is 30.9. The molecule has 0 unspecified atom stereocenters. The van der Waals surface area contributed by atoms with E-state index in [9.17, 15) is 19.2 Å². The summed E-state index contributed by atoms with van der Waals surface area (Å²) in [5.41, 5.74) is 2.69. The van der Waals surface area contributed by atoms with Crippen molar-refractivity contribution in [3.8, 4) is 0 Å². The first kappa shape index (κ1) is 38.4. The Kier molecular flexibility index (Phi) is 11.9. The predicted octanol–water partition coefficient (Wildman–Crippen LogP) is 9.67. The molecule has 276 valence electrons. The molecule has 2 aromatic heterocycles. The van der Waals surface area contributed by atoms with Crippen molar-refractivity contribution < 1.29 is 28.7 Å². The number of rotatable bonds is 6. The molecule has 0 aliphatic heterocycles. The molecule has 4 N–H and O–H groups in total. The summed E-state index contributed by atoms with van der Waals surface area (Å²) in [6, 6.07) is 34.2. The van der Waals surface area contributed by atoms with Crippen molar-refractivity contribution in [2.45, 2.75) is 52.7 Å². The number of aromatic nitrogens is 2. The molecule has 4 aromatic carbocycles. The van der Waals surface area contributed by atoms with Gasteiger partial charge in [0.15, 0.2) is 0 Å². The maximum atomic E-state index is 12.6. The minimum absolute atomic E-state index is 0.292. The fourth-order valence-corrected chi connectivity index (χ4v) is 5.00. The lowest BCUT2D eigenvalue weighted by Gasteiger charge is -2.19. The van der Waals surface area contributed by atoms with Crippen LogP contribution in [0.1, 0.15) is 62.5 Å². The molecule has 0 fully saturated rings. The Labute approximate surface area is 313 Å².